The van der Waals surface area contributed by atoms with Crippen LogP contribution in [0.5, 0.6) is 0 Å². The number of hydrogen-bond acceptors (Lipinski definition) is 3. The molecular weight excluding hydrogens is 379 g/mol. The zero-order valence-corrected chi connectivity index (χ0v) is 15.2. The highest BCUT2D eigenvalue weighted by molar-refractivity contribution is 14.1. The Morgan fingerprint density at radius 2 is 1.95 bits per heavy atom. The predicted octanol–water partition coefficient (Wildman–Crippen LogP) is 4.07. The summed E-state index contributed by atoms with van der Waals surface area (Å²) in [6, 6.07) is 7.01. The number of rotatable bonds is 3. The largest absolute Gasteiger partial charge is 0.444 e. The van der Waals surface area contributed by atoms with E-state index in [2.05, 4.69) is 58.3 Å². The van der Waals surface area contributed by atoms with Crippen molar-refractivity contribution in [3.63, 3.8) is 0 Å². The molecule has 1 aliphatic carbocycles. The number of amides is 1. The number of carbonyl (C=O) groups excluding carboxylic acids is 1. The number of nitrogens with one attached hydrogen (secondary N) is 2. The van der Waals surface area contributed by atoms with Gasteiger partial charge in [-0.05, 0) is 86.9 Å². The molecule has 0 saturated heterocycles. The van der Waals surface area contributed by atoms with Crippen LogP contribution in [-0.2, 0) is 4.74 Å². The Balaban J connectivity index is 1.75. The summed E-state index contributed by atoms with van der Waals surface area (Å²) in [5.41, 5.74) is 1.99. The Hall–Kier alpha value is -0.980. The first-order chi connectivity index (χ1) is 9.73. The van der Waals surface area contributed by atoms with E-state index in [0.29, 0.717) is 6.04 Å². The Labute approximate surface area is 140 Å². The number of aryl methyl sites for hydroxylation is 1. The summed E-state index contributed by atoms with van der Waals surface area (Å²) in [7, 11) is 0. The Bertz CT molecular complexity index is 519. The molecule has 0 radical (unpaired) electrons. The van der Waals surface area contributed by atoms with Crippen molar-refractivity contribution < 1.29 is 9.53 Å². The minimum absolute atomic E-state index is 0.210. The maximum Gasteiger partial charge on any atom is 0.407 e. The van der Waals surface area contributed by atoms with E-state index >= 15 is 0 Å². The maximum atomic E-state index is 11.7. The molecule has 1 amide bonds. The fourth-order valence-corrected chi connectivity index (χ4v) is 2.98. The van der Waals surface area contributed by atoms with Crippen LogP contribution in [0.1, 0.15) is 39.2 Å². The third kappa shape index (κ3) is 5.05. The van der Waals surface area contributed by atoms with E-state index in [1.807, 2.05) is 20.8 Å². The molecule has 1 saturated carbocycles. The van der Waals surface area contributed by atoms with Gasteiger partial charge in [0.25, 0.3) is 0 Å². The molecule has 1 aromatic rings. The van der Waals surface area contributed by atoms with Crippen LogP contribution in [0, 0.1) is 10.5 Å². The van der Waals surface area contributed by atoms with Crippen molar-refractivity contribution in [1.29, 1.82) is 0 Å². The average molecular weight is 402 g/mol. The SMILES string of the molecule is Cc1cc(I)ccc1NC1CC(NC(=O)OC(C)(C)C)C1. The van der Waals surface area contributed by atoms with E-state index in [9.17, 15) is 4.79 Å². The molecule has 2 N–H and O–H groups in total. The van der Waals surface area contributed by atoms with Crippen LogP contribution < -0.4 is 10.6 Å². The summed E-state index contributed by atoms with van der Waals surface area (Å²) in [6.45, 7) is 7.73. The number of halogens is 1. The third-order valence-corrected chi connectivity index (χ3v) is 4.08. The molecule has 0 spiro atoms. The first-order valence-corrected chi connectivity index (χ1v) is 8.33. The van der Waals surface area contributed by atoms with E-state index in [0.717, 1.165) is 12.8 Å². The monoisotopic (exact) mass is 402 g/mol. The van der Waals surface area contributed by atoms with Crippen LogP contribution in [0.4, 0.5) is 10.5 Å². The van der Waals surface area contributed by atoms with Gasteiger partial charge in [-0.3, -0.25) is 0 Å². The van der Waals surface area contributed by atoms with E-state index < -0.39 is 5.60 Å². The van der Waals surface area contributed by atoms with Gasteiger partial charge in [-0.15, -0.1) is 0 Å². The number of ether oxygens (including phenoxy) is 1. The van der Waals surface area contributed by atoms with E-state index in [1.54, 1.807) is 0 Å². The van der Waals surface area contributed by atoms with Gasteiger partial charge in [0.05, 0.1) is 0 Å². The Morgan fingerprint density at radius 3 is 2.52 bits per heavy atom. The number of alkyl carbamates (subject to hydrolysis) is 1. The van der Waals surface area contributed by atoms with Crippen molar-refractivity contribution in [3.05, 3.63) is 27.3 Å². The second kappa shape index (κ2) is 6.42. The van der Waals surface area contributed by atoms with Gasteiger partial charge in [-0.2, -0.15) is 0 Å². The summed E-state index contributed by atoms with van der Waals surface area (Å²) in [5.74, 6) is 0. The molecule has 0 atom stereocenters. The molecule has 21 heavy (non-hydrogen) atoms. The van der Waals surface area contributed by atoms with Crippen LogP contribution >= 0.6 is 22.6 Å². The zero-order chi connectivity index (χ0) is 15.6. The molecule has 5 heteroatoms. The highest BCUT2D eigenvalue weighted by Crippen LogP contribution is 2.27. The molecule has 1 aliphatic rings. The smallest absolute Gasteiger partial charge is 0.407 e. The van der Waals surface area contributed by atoms with Crippen LogP contribution in [0.3, 0.4) is 0 Å². The molecule has 0 aliphatic heterocycles. The standard InChI is InChI=1S/C16H23IN2O2/c1-10-7-11(17)5-6-14(10)18-12-8-13(9-12)19-15(20)21-16(2,3)4/h5-7,12-13,18H,8-9H2,1-4H3,(H,19,20). The highest BCUT2D eigenvalue weighted by atomic mass is 127. The third-order valence-electron chi connectivity index (χ3n) is 3.41. The number of hydrogen-bond donors (Lipinski definition) is 2. The molecule has 4 nitrogen and oxygen atoms in total. The van der Waals surface area contributed by atoms with Crippen LogP contribution in [-0.4, -0.2) is 23.8 Å². The molecule has 0 unspecified atom stereocenters. The molecule has 1 aromatic carbocycles. The first kappa shape index (κ1) is 16.4. The molecule has 0 bridgehead atoms. The summed E-state index contributed by atoms with van der Waals surface area (Å²) in [4.78, 5) is 11.7. The lowest BCUT2D eigenvalue weighted by atomic mass is 9.86. The predicted molar refractivity (Wildman–Crippen MR) is 93.7 cm³/mol. The van der Waals surface area contributed by atoms with Crippen molar-refractivity contribution in [3.8, 4) is 0 Å². The van der Waals surface area contributed by atoms with Gasteiger partial charge in [0.1, 0.15) is 5.60 Å². The molecule has 1 fully saturated rings. The quantitative estimate of drug-likeness (QED) is 0.750. The van der Waals surface area contributed by atoms with Crippen LogP contribution in [0.25, 0.3) is 0 Å². The molecule has 2 rings (SSSR count). The van der Waals surface area contributed by atoms with Crippen molar-refractivity contribution in [2.24, 2.45) is 0 Å². The fourth-order valence-electron chi connectivity index (χ4n) is 2.34. The van der Waals surface area contributed by atoms with E-state index in [-0.39, 0.29) is 12.1 Å². The normalized spacial score (nSPS) is 21.4. The van der Waals surface area contributed by atoms with E-state index in [1.165, 1.54) is 14.8 Å². The van der Waals surface area contributed by atoms with Crippen molar-refractivity contribution >= 4 is 34.4 Å². The average Bonchev–Trinajstić information content (AvgIpc) is 2.26. The lowest BCUT2D eigenvalue weighted by Crippen LogP contribution is -2.50. The molecule has 0 aromatic heterocycles. The minimum Gasteiger partial charge on any atom is -0.444 e. The second-order valence-corrected chi connectivity index (χ2v) is 7.86. The summed E-state index contributed by atoms with van der Waals surface area (Å²) in [6.07, 6.45) is 1.55. The maximum absolute atomic E-state index is 11.7. The van der Waals surface area contributed by atoms with Crippen molar-refractivity contribution in [2.45, 2.75) is 58.2 Å². The highest BCUT2D eigenvalue weighted by Gasteiger charge is 2.31. The summed E-state index contributed by atoms with van der Waals surface area (Å²) >= 11 is 2.32. The molecule has 116 valence electrons. The number of anilines is 1. The summed E-state index contributed by atoms with van der Waals surface area (Å²) < 4.78 is 6.50. The lowest BCUT2D eigenvalue weighted by Gasteiger charge is -2.37. The van der Waals surface area contributed by atoms with Gasteiger partial charge < -0.3 is 15.4 Å². The van der Waals surface area contributed by atoms with Gasteiger partial charge in [-0.1, -0.05) is 0 Å². The van der Waals surface area contributed by atoms with Gasteiger partial charge in [-0.25, -0.2) is 4.79 Å². The van der Waals surface area contributed by atoms with Gasteiger partial charge >= 0.3 is 6.09 Å². The first-order valence-electron chi connectivity index (χ1n) is 7.25. The Morgan fingerprint density at radius 1 is 1.29 bits per heavy atom. The zero-order valence-electron chi connectivity index (χ0n) is 13.0. The molecular formula is C16H23IN2O2. The van der Waals surface area contributed by atoms with Gasteiger partial charge in [0.15, 0.2) is 0 Å². The molecule has 0 heterocycles. The second-order valence-electron chi connectivity index (χ2n) is 6.62. The fraction of sp³-hybridized carbons (Fsp3) is 0.562. The van der Waals surface area contributed by atoms with E-state index in [4.69, 9.17) is 4.74 Å². The van der Waals surface area contributed by atoms with Crippen molar-refractivity contribution in [2.75, 3.05) is 5.32 Å². The number of benzene rings is 1. The van der Waals surface area contributed by atoms with Gasteiger partial charge in [0.2, 0.25) is 0 Å². The topological polar surface area (TPSA) is 50.4 Å². The van der Waals surface area contributed by atoms with Crippen LogP contribution in [0.15, 0.2) is 18.2 Å². The lowest BCUT2D eigenvalue weighted by molar-refractivity contribution is 0.0475. The number of carbonyl (C=O) groups is 1. The minimum atomic E-state index is -0.441. The summed E-state index contributed by atoms with van der Waals surface area (Å²) in [5, 5.41) is 6.44. The van der Waals surface area contributed by atoms with Crippen molar-refractivity contribution in [1.82, 2.24) is 5.32 Å². The van der Waals surface area contributed by atoms with Crippen LogP contribution in [0.2, 0.25) is 0 Å². The Kier molecular flexibility index (Phi) is 5.01. The van der Waals surface area contributed by atoms with Gasteiger partial charge in [0, 0.05) is 21.3 Å².